The molecule has 0 bridgehead atoms. The van der Waals surface area contributed by atoms with E-state index in [9.17, 15) is 9.59 Å². The number of nitrogens with one attached hydrogen (secondary N) is 2. The van der Waals surface area contributed by atoms with Crippen molar-refractivity contribution in [3.8, 4) is 17.1 Å². The molecular formula is C24H26ClN3O4. The number of ether oxygens (including phenoxy) is 1. The fourth-order valence-corrected chi connectivity index (χ4v) is 3.20. The molecule has 3 rings (SSSR count). The van der Waals surface area contributed by atoms with E-state index in [4.69, 9.17) is 20.8 Å². The molecule has 0 unspecified atom stereocenters. The molecule has 0 saturated carbocycles. The van der Waals surface area contributed by atoms with Crippen molar-refractivity contribution < 1.29 is 18.7 Å². The van der Waals surface area contributed by atoms with E-state index < -0.39 is 0 Å². The van der Waals surface area contributed by atoms with Gasteiger partial charge < -0.3 is 19.8 Å². The molecule has 0 atom stereocenters. The second-order valence-electron chi connectivity index (χ2n) is 7.13. The Morgan fingerprint density at radius 2 is 1.78 bits per heavy atom. The minimum atomic E-state index is -0.202. The number of hydrogen-bond donors (Lipinski definition) is 2. The molecule has 8 heteroatoms. The van der Waals surface area contributed by atoms with Gasteiger partial charge in [-0.25, -0.2) is 0 Å². The van der Waals surface area contributed by atoms with Gasteiger partial charge in [-0.1, -0.05) is 24.6 Å². The van der Waals surface area contributed by atoms with Gasteiger partial charge in [-0.15, -0.1) is 0 Å². The molecule has 168 valence electrons. The zero-order chi connectivity index (χ0) is 22.9. The summed E-state index contributed by atoms with van der Waals surface area (Å²) in [5.41, 5.74) is 1.55. The predicted octanol–water partition coefficient (Wildman–Crippen LogP) is 4.19. The lowest BCUT2D eigenvalue weighted by atomic mass is 10.2. The van der Waals surface area contributed by atoms with Gasteiger partial charge >= 0.3 is 0 Å². The van der Waals surface area contributed by atoms with Gasteiger partial charge in [0.25, 0.3) is 0 Å². The molecular weight excluding hydrogens is 430 g/mol. The standard InChI is InChI=1S/C24H26ClN3O4/c1-3-28(16-24(30)27-19-5-4-6-20(13-19)31-2)15-23(29)26-14-21-11-12-22(32-21)17-7-9-18(25)10-8-17/h4-13H,3,14-16H2,1-2H3,(H,26,29)(H,27,30). The summed E-state index contributed by atoms with van der Waals surface area (Å²) < 4.78 is 11.0. The van der Waals surface area contributed by atoms with Crippen LogP contribution in [-0.2, 0) is 16.1 Å². The van der Waals surface area contributed by atoms with Crippen molar-refractivity contribution in [2.75, 3.05) is 32.1 Å². The van der Waals surface area contributed by atoms with Crippen LogP contribution in [0.25, 0.3) is 11.3 Å². The predicted molar refractivity (Wildman–Crippen MR) is 125 cm³/mol. The van der Waals surface area contributed by atoms with Crippen LogP contribution in [0, 0.1) is 0 Å². The van der Waals surface area contributed by atoms with Crippen molar-refractivity contribution in [2.24, 2.45) is 0 Å². The molecule has 0 aliphatic carbocycles. The third-order valence-corrected chi connectivity index (χ3v) is 5.04. The Balaban J connectivity index is 1.46. The van der Waals surface area contributed by atoms with Gasteiger partial charge in [0.05, 0.1) is 26.7 Å². The van der Waals surface area contributed by atoms with Crippen LogP contribution in [0.3, 0.4) is 0 Å². The number of hydrogen-bond acceptors (Lipinski definition) is 5. The molecule has 2 amide bonds. The Hall–Kier alpha value is -3.29. The van der Waals surface area contributed by atoms with Crippen LogP contribution in [0.2, 0.25) is 5.02 Å². The number of methoxy groups -OCH3 is 1. The average Bonchev–Trinajstić information content (AvgIpc) is 3.27. The second-order valence-corrected chi connectivity index (χ2v) is 7.57. The Bertz CT molecular complexity index is 1050. The first kappa shape index (κ1) is 23.4. The highest BCUT2D eigenvalue weighted by Crippen LogP contribution is 2.23. The topological polar surface area (TPSA) is 83.8 Å². The van der Waals surface area contributed by atoms with Crippen LogP contribution in [0.4, 0.5) is 5.69 Å². The first-order chi connectivity index (χ1) is 15.5. The van der Waals surface area contributed by atoms with Crippen molar-refractivity contribution in [3.63, 3.8) is 0 Å². The molecule has 0 aliphatic rings. The van der Waals surface area contributed by atoms with Gasteiger partial charge in [-0.3, -0.25) is 14.5 Å². The monoisotopic (exact) mass is 455 g/mol. The summed E-state index contributed by atoms with van der Waals surface area (Å²) in [5, 5.41) is 6.31. The van der Waals surface area contributed by atoms with Gasteiger partial charge in [-0.05, 0) is 55.1 Å². The number of anilines is 1. The van der Waals surface area contributed by atoms with E-state index in [-0.39, 0.29) is 31.4 Å². The number of furan rings is 1. The average molecular weight is 456 g/mol. The van der Waals surface area contributed by atoms with Crippen LogP contribution in [0.1, 0.15) is 12.7 Å². The SMILES string of the molecule is CCN(CC(=O)NCc1ccc(-c2ccc(Cl)cc2)o1)CC(=O)Nc1cccc(OC)c1. The van der Waals surface area contributed by atoms with Gasteiger partial charge in [0, 0.05) is 22.3 Å². The maximum atomic E-state index is 12.4. The smallest absolute Gasteiger partial charge is 0.238 e. The molecule has 2 aromatic carbocycles. The molecule has 0 saturated heterocycles. The highest BCUT2D eigenvalue weighted by Gasteiger charge is 2.14. The van der Waals surface area contributed by atoms with Crippen LogP contribution in [0.5, 0.6) is 5.75 Å². The summed E-state index contributed by atoms with van der Waals surface area (Å²) in [4.78, 5) is 26.5. The van der Waals surface area contributed by atoms with Crippen molar-refractivity contribution >= 4 is 29.1 Å². The Morgan fingerprint density at radius 1 is 1.03 bits per heavy atom. The summed E-state index contributed by atoms with van der Waals surface area (Å²) >= 11 is 5.91. The number of benzene rings is 2. The maximum Gasteiger partial charge on any atom is 0.238 e. The largest absolute Gasteiger partial charge is 0.497 e. The normalized spacial score (nSPS) is 10.8. The molecule has 32 heavy (non-hydrogen) atoms. The molecule has 1 aromatic heterocycles. The van der Waals surface area contributed by atoms with Crippen LogP contribution >= 0.6 is 11.6 Å². The van der Waals surface area contributed by atoms with Gasteiger partial charge in [-0.2, -0.15) is 0 Å². The summed E-state index contributed by atoms with van der Waals surface area (Å²) in [6.07, 6.45) is 0. The minimum absolute atomic E-state index is 0.0998. The van der Waals surface area contributed by atoms with Crippen LogP contribution in [0.15, 0.2) is 65.1 Å². The third-order valence-electron chi connectivity index (χ3n) is 4.79. The lowest BCUT2D eigenvalue weighted by Crippen LogP contribution is -2.40. The number of carbonyl (C=O) groups excluding carboxylic acids is 2. The summed E-state index contributed by atoms with van der Waals surface area (Å²) in [6.45, 7) is 2.92. The Labute approximate surface area is 192 Å². The summed E-state index contributed by atoms with van der Waals surface area (Å²) in [7, 11) is 1.57. The molecule has 0 fully saturated rings. The first-order valence-corrected chi connectivity index (χ1v) is 10.6. The molecule has 3 aromatic rings. The van der Waals surface area contributed by atoms with Crippen molar-refractivity contribution in [1.29, 1.82) is 0 Å². The van der Waals surface area contributed by atoms with E-state index >= 15 is 0 Å². The second kappa shape index (κ2) is 11.4. The summed E-state index contributed by atoms with van der Waals surface area (Å²) in [5.74, 6) is 1.61. The third kappa shape index (κ3) is 6.87. The number of rotatable bonds is 10. The molecule has 1 heterocycles. The minimum Gasteiger partial charge on any atom is -0.497 e. The van der Waals surface area contributed by atoms with Crippen LogP contribution in [-0.4, -0.2) is 43.5 Å². The van der Waals surface area contributed by atoms with Gasteiger partial charge in [0.2, 0.25) is 11.8 Å². The molecule has 7 nitrogen and oxygen atoms in total. The number of amides is 2. The van der Waals surface area contributed by atoms with Crippen molar-refractivity contribution in [1.82, 2.24) is 10.2 Å². The van der Waals surface area contributed by atoms with Gasteiger partial charge in [0.1, 0.15) is 17.3 Å². The molecule has 0 radical (unpaired) electrons. The fourth-order valence-electron chi connectivity index (χ4n) is 3.07. The quantitative estimate of drug-likeness (QED) is 0.479. The molecule has 0 aliphatic heterocycles. The highest BCUT2D eigenvalue weighted by atomic mass is 35.5. The van der Waals surface area contributed by atoms with Gasteiger partial charge in [0.15, 0.2) is 0 Å². The van der Waals surface area contributed by atoms with Crippen molar-refractivity contribution in [3.05, 3.63) is 71.4 Å². The van der Waals surface area contributed by atoms with E-state index in [2.05, 4.69) is 10.6 Å². The molecule has 0 spiro atoms. The number of likely N-dealkylation sites (N-methyl/N-ethyl adjacent to an activating group) is 1. The maximum absolute atomic E-state index is 12.4. The van der Waals surface area contributed by atoms with Crippen molar-refractivity contribution in [2.45, 2.75) is 13.5 Å². The number of halogens is 1. The van der Waals surface area contributed by atoms with E-state index in [0.29, 0.717) is 34.5 Å². The highest BCUT2D eigenvalue weighted by molar-refractivity contribution is 6.30. The van der Waals surface area contributed by atoms with E-state index in [1.165, 1.54) is 0 Å². The molecule has 2 N–H and O–H groups in total. The lowest BCUT2D eigenvalue weighted by Gasteiger charge is -2.19. The zero-order valence-electron chi connectivity index (χ0n) is 18.1. The van der Waals surface area contributed by atoms with Crippen LogP contribution < -0.4 is 15.4 Å². The zero-order valence-corrected chi connectivity index (χ0v) is 18.8. The van der Waals surface area contributed by atoms with E-state index in [1.54, 1.807) is 48.4 Å². The fraction of sp³-hybridized carbons (Fsp3) is 0.250. The lowest BCUT2D eigenvalue weighted by molar-refractivity contribution is -0.123. The number of nitrogens with zero attached hydrogens (tertiary/aromatic N) is 1. The first-order valence-electron chi connectivity index (χ1n) is 10.2. The van der Waals surface area contributed by atoms with E-state index in [1.807, 2.05) is 31.2 Å². The Kier molecular flexibility index (Phi) is 8.30. The number of carbonyl (C=O) groups is 2. The van der Waals surface area contributed by atoms with E-state index in [0.717, 1.165) is 5.56 Å². The Morgan fingerprint density at radius 3 is 2.50 bits per heavy atom. The summed E-state index contributed by atoms with van der Waals surface area (Å²) in [6, 6.07) is 18.1.